The molecule has 0 unspecified atom stereocenters. The van der Waals surface area contributed by atoms with Gasteiger partial charge in [0.25, 0.3) is 0 Å². The Morgan fingerprint density at radius 1 is 1.24 bits per heavy atom. The normalized spacial score (nSPS) is 15.2. The zero-order valence-corrected chi connectivity index (χ0v) is 21.0. The average Bonchev–Trinajstić information content (AvgIpc) is 2.83. The number of ether oxygens (including phenoxy) is 1. The number of aliphatic hydroxyl groups excluding tert-OH is 1. The lowest BCUT2D eigenvalue weighted by molar-refractivity contribution is -0.117. The van der Waals surface area contributed by atoms with Crippen LogP contribution >= 0.6 is 0 Å². The fourth-order valence-electron chi connectivity index (χ4n) is 4.19. The molecule has 1 amide bonds. The van der Waals surface area contributed by atoms with Crippen molar-refractivity contribution >= 4 is 12.0 Å². The lowest BCUT2D eigenvalue weighted by Gasteiger charge is -2.30. The number of hydrogen-bond acceptors (Lipinski definition) is 5. The van der Waals surface area contributed by atoms with Crippen LogP contribution in [0.5, 0.6) is 5.75 Å². The number of carbonyl (C=O) groups is 1. The molecule has 2 N–H and O–H groups in total. The maximum absolute atomic E-state index is 12.6. The van der Waals surface area contributed by atoms with Crippen LogP contribution in [-0.2, 0) is 24.2 Å². The Morgan fingerprint density at radius 3 is 2.74 bits per heavy atom. The number of aryl methyl sites for hydroxylation is 1. The Hall–Kier alpha value is -2.67. The van der Waals surface area contributed by atoms with E-state index in [1.165, 1.54) is 11.1 Å². The summed E-state index contributed by atoms with van der Waals surface area (Å²) in [4.78, 5) is 17.0. The van der Waals surface area contributed by atoms with E-state index < -0.39 is 6.10 Å². The van der Waals surface area contributed by atoms with Crippen LogP contribution in [0.1, 0.15) is 36.1 Å². The molecular formula is C28H39N3O3. The van der Waals surface area contributed by atoms with Crippen LogP contribution in [0.25, 0.3) is 6.08 Å². The fourth-order valence-corrected chi connectivity index (χ4v) is 4.19. The summed E-state index contributed by atoms with van der Waals surface area (Å²) in [5.74, 6) is 0.692. The van der Waals surface area contributed by atoms with Gasteiger partial charge in [-0.2, -0.15) is 0 Å². The van der Waals surface area contributed by atoms with E-state index in [0.717, 1.165) is 49.4 Å². The summed E-state index contributed by atoms with van der Waals surface area (Å²) < 4.78 is 5.84. The molecule has 3 rings (SSSR count). The predicted molar refractivity (Wildman–Crippen MR) is 138 cm³/mol. The Bertz CT molecular complexity index is 987. The third-order valence-electron chi connectivity index (χ3n) is 6.21. The van der Waals surface area contributed by atoms with Gasteiger partial charge in [0, 0.05) is 38.3 Å². The Morgan fingerprint density at radius 2 is 2.00 bits per heavy atom. The zero-order valence-electron chi connectivity index (χ0n) is 21.0. The van der Waals surface area contributed by atoms with E-state index in [4.69, 9.17) is 4.74 Å². The number of rotatable bonds is 11. The molecule has 0 radical (unpaired) electrons. The number of fused-ring (bicyclic) bond motifs is 1. The van der Waals surface area contributed by atoms with Gasteiger partial charge in [-0.1, -0.05) is 37.3 Å². The topological polar surface area (TPSA) is 65.0 Å². The molecule has 0 aromatic heterocycles. The van der Waals surface area contributed by atoms with Gasteiger partial charge in [-0.3, -0.25) is 9.69 Å². The van der Waals surface area contributed by atoms with Gasteiger partial charge < -0.3 is 20.1 Å². The maximum atomic E-state index is 12.6. The molecule has 6 nitrogen and oxygen atoms in total. The second kappa shape index (κ2) is 12.7. The molecule has 2 aromatic carbocycles. The molecule has 6 heteroatoms. The smallest absolute Gasteiger partial charge is 0.247 e. The highest BCUT2D eigenvalue weighted by atomic mass is 16.5. The molecule has 1 aliphatic rings. The summed E-state index contributed by atoms with van der Waals surface area (Å²) in [5.41, 5.74) is 5.49. The first-order valence-corrected chi connectivity index (χ1v) is 12.2. The first kappa shape index (κ1) is 25.9. The van der Waals surface area contributed by atoms with E-state index in [0.29, 0.717) is 18.7 Å². The number of hydrogen-bond donors (Lipinski definition) is 2. The van der Waals surface area contributed by atoms with E-state index in [9.17, 15) is 9.90 Å². The number of carbonyl (C=O) groups excluding carboxylic acids is 1. The van der Waals surface area contributed by atoms with Crippen molar-refractivity contribution in [2.75, 3.05) is 46.9 Å². The summed E-state index contributed by atoms with van der Waals surface area (Å²) in [5, 5.41) is 13.4. The Labute approximate surface area is 204 Å². The van der Waals surface area contributed by atoms with Crippen molar-refractivity contribution in [3.05, 3.63) is 70.3 Å². The van der Waals surface area contributed by atoms with Gasteiger partial charge in [-0.25, -0.2) is 0 Å². The molecule has 0 saturated heterocycles. The van der Waals surface area contributed by atoms with Crippen molar-refractivity contribution < 1.29 is 14.6 Å². The van der Waals surface area contributed by atoms with E-state index >= 15 is 0 Å². The summed E-state index contributed by atoms with van der Waals surface area (Å²) >= 11 is 0. The van der Waals surface area contributed by atoms with Gasteiger partial charge in [0.2, 0.25) is 5.91 Å². The standard InChI is InChI=1S/C28H39N3O3/c1-5-22-17-27(34-15-14-30(3)4)11-10-24(22)16-21(2)28(33)29-18-26(32)20-31-13-12-23-8-6-7-9-25(23)19-31/h6-11,16-17,26,32H,5,12-15,18-20H2,1-4H3,(H,29,33)/b21-16+/t26-/m0/s1. The van der Waals surface area contributed by atoms with E-state index in [1.54, 1.807) is 0 Å². The SMILES string of the molecule is CCc1cc(OCCN(C)C)ccc1/C=C(\C)C(=O)NC[C@H](O)CN1CCc2ccccc2C1. The third kappa shape index (κ3) is 7.69. The summed E-state index contributed by atoms with van der Waals surface area (Å²) in [7, 11) is 4.04. The number of nitrogens with one attached hydrogen (secondary N) is 1. The second-order valence-corrected chi connectivity index (χ2v) is 9.31. The molecule has 0 spiro atoms. The molecule has 184 valence electrons. The van der Waals surface area contributed by atoms with Crippen molar-refractivity contribution in [2.24, 2.45) is 0 Å². The molecule has 34 heavy (non-hydrogen) atoms. The minimum absolute atomic E-state index is 0.156. The van der Waals surface area contributed by atoms with Crippen molar-refractivity contribution in [1.82, 2.24) is 15.1 Å². The van der Waals surface area contributed by atoms with Crippen molar-refractivity contribution in [1.29, 1.82) is 0 Å². The van der Waals surface area contributed by atoms with Crippen LogP contribution < -0.4 is 10.1 Å². The highest BCUT2D eigenvalue weighted by molar-refractivity contribution is 5.97. The van der Waals surface area contributed by atoms with Crippen LogP contribution in [0.2, 0.25) is 0 Å². The van der Waals surface area contributed by atoms with Gasteiger partial charge in [0.15, 0.2) is 0 Å². The Balaban J connectivity index is 1.50. The molecule has 1 heterocycles. The van der Waals surface area contributed by atoms with E-state index in [1.807, 2.05) is 45.3 Å². The van der Waals surface area contributed by atoms with Crippen LogP contribution in [0, 0.1) is 0 Å². The second-order valence-electron chi connectivity index (χ2n) is 9.31. The number of likely N-dealkylation sites (N-methyl/N-ethyl adjacent to an activating group) is 1. The Kier molecular flexibility index (Phi) is 9.69. The fraction of sp³-hybridized carbons (Fsp3) is 0.464. The highest BCUT2D eigenvalue weighted by Crippen LogP contribution is 2.21. The molecule has 0 aliphatic carbocycles. The quantitative estimate of drug-likeness (QED) is 0.499. The number of amides is 1. The molecule has 2 aromatic rings. The number of nitrogens with zero attached hydrogens (tertiary/aromatic N) is 2. The number of benzene rings is 2. The summed E-state index contributed by atoms with van der Waals surface area (Å²) in [6.07, 6.45) is 3.15. The zero-order chi connectivity index (χ0) is 24.5. The molecule has 0 saturated carbocycles. The lowest BCUT2D eigenvalue weighted by atomic mass is 10.00. The van der Waals surface area contributed by atoms with Crippen molar-refractivity contribution in [3.8, 4) is 5.75 Å². The van der Waals surface area contributed by atoms with Gasteiger partial charge in [-0.05, 0) is 74.3 Å². The monoisotopic (exact) mass is 465 g/mol. The number of aliphatic hydroxyl groups is 1. The van der Waals surface area contributed by atoms with E-state index in [2.05, 4.69) is 46.3 Å². The van der Waals surface area contributed by atoms with Crippen molar-refractivity contribution in [2.45, 2.75) is 39.3 Å². The van der Waals surface area contributed by atoms with Gasteiger partial charge >= 0.3 is 0 Å². The third-order valence-corrected chi connectivity index (χ3v) is 6.21. The van der Waals surface area contributed by atoms with Gasteiger partial charge in [-0.15, -0.1) is 0 Å². The first-order valence-electron chi connectivity index (χ1n) is 12.2. The molecular weight excluding hydrogens is 426 g/mol. The number of β-amino-alcohol motifs (C(OH)–C–C–N with tert-alkyl or cyclic N) is 1. The summed E-state index contributed by atoms with van der Waals surface area (Å²) in [6, 6.07) is 14.5. The molecule has 0 bridgehead atoms. The predicted octanol–water partition coefficient (Wildman–Crippen LogP) is 3.13. The first-order chi connectivity index (χ1) is 16.4. The van der Waals surface area contributed by atoms with Crippen molar-refractivity contribution in [3.63, 3.8) is 0 Å². The average molecular weight is 466 g/mol. The lowest BCUT2D eigenvalue weighted by Crippen LogP contribution is -2.42. The van der Waals surface area contributed by atoms with Gasteiger partial charge in [0.05, 0.1) is 6.10 Å². The van der Waals surface area contributed by atoms with Crippen LogP contribution in [0.4, 0.5) is 0 Å². The van der Waals surface area contributed by atoms with Crippen LogP contribution in [0.15, 0.2) is 48.0 Å². The van der Waals surface area contributed by atoms with Crippen LogP contribution in [0.3, 0.4) is 0 Å². The molecule has 1 atom stereocenters. The maximum Gasteiger partial charge on any atom is 0.247 e. The summed E-state index contributed by atoms with van der Waals surface area (Å²) in [6.45, 7) is 7.96. The minimum atomic E-state index is -0.605. The highest BCUT2D eigenvalue weighted by Gasteiger charge is 2.19. The molecule has 0 fully saturated rings. The van der Waals surface area contributed by atoms with Gasteiger partial charge in [0.1, 0.15) is 12.4 Å². The van der Waals surface area contributed by atoms with E-state index in [-0.39, 0.29) is 12.5 Å². The van der Waals surface area contributed by atoms with Crippen LogP contribution in [-0.4, -0.2) is 73.8 Å². The minimum Gasteiger partial charge on any atom is -0.492 e. The largest absolute Gasteiger partial charge is 0.492 e. The molecule has 1 aliphatic heterocycles.